The second-order valence-corrected chi connectivity index (χ2v) is 4.29. The van der Waals surface area contributed by atoms with Crippen LogP contribution in [-0.4, -0.2) is 21.4 Å². The van der Waals surface area contributed by atoms with Crippen molar-refractivity contribution in [2.45, 2.75) is 19.8 Å². The molecule has 0 aliphatic heterocycles. The van der Waals surface area contributed by atoms with Gasteiger partial charge in [-0.2, -0.15) is 0 Å². The number of nitrogens with zero attached hydrogens (tertiary/aromatic N) is 2. The maximum absolute atomic E-state index is 9.02. The molecule has 2 aromatic heterocycles. The van der Waals surface area contributed by atoms with Crippen molar-refractivity contribution < 1.29 is 9.84 Å². The van der Waals surface area contributed by atoms with Gasteiger partial charge in [0.2, 0.25) is 0 Å². The Hall–Kier alpha value is -0.940. The molecule has 2 heterocycles. The molecule has 0 aliphatic rings. The summed E-state index contributed by atoms with van der Waals surface area (Å²) in [5.41, 5.74) is 0.632. The highest BCUT2D eigenvalue weighted by molar-refractivity contribution is 6.35. The molecule has 1 N–H and O–H groups in total. The standard InChI is InChI=1S/C11H10Cl2N2O2/c1-6(16)17-5-8-2-7-4-14-10(12)3-9(7)11(13)15-8/h2-4,6,16H,5H2,1H3. The van der Waals surface area contributed by atoms with E-state index < -0.39 is 6.29 Å². The van der Waals surface area contributed by atoms with Crippen molar-refractivity contribution in [1.29, 1.82) is 0 Å². The number of aromatic nitrogens is 2. The molecule has 2 rings (SSSR count). The fourth-order valence-corrected chi connectivity index (χ4v) is 1.84. The fraction of sp³-hybridized carbons (Fsp3) is 0.273. The van der Waals surface area contributed by atoms with Gasteiger partial charge in [0.05, 0.1) is 12.3 Å². The van der Waals surface area contributed by atoms with Crippen molar-refractivity contribution in [2.24, 2.45) is 0 Å². The minimum atomic E-state index is -0.838. The smallest absolute Gasteiger partial charge is 0.152 e. The highest BCUT2D eigenvalue weighted by atomic mass is 35.5. The van der Waals surface area contributed by atoms with Crippen LogP contribution in [-0.2, 0) is 11.3 Å². The van der Waals surface area contributed by atoms with E-state index >= 15 is 0 Å². The molecule has 0 aromatic carbocycles. The maximum atomic E-state index is 9.02. The molecule has 1 unspecified atom stereocenters. The quantitative estimate of drug-likeness (QED) is 0.690. The van der Waals surface area contributed by atoms with Crippen LogP contribution in [0.15, 0.2) is 18.3 Å². The van der Waals surface area contributed by atoms with Crippen LogP contribution >= 0.6 is 23.2 Å². The minimum absolute atomic E-state index is 0.190. The molecule has 17 heavy (non-hydrogen) atoms. The maximum Gasteiger partial charge on any atom is 0.152 e. The highest BCUT2D eigenvalue weighted by Gasteiger charge is 2.06. The summed E-state index contributed by atoms with van der Waals surface area (Å²) in [4.78, 5) is 8.13. The molecule has 0 aliphatic carbocycles. The van der Waals surface area contributed by atoms with Crippen LogP contribution in [0.1, 0.15) is 12.6 Å². The van der Waals surface area contributed by atoms with Gasteiger partial charge in [-0.1, -0.05) is 23.2 Å². The lowest BCUT2D eigenvalue weighted by atomic mass is 10.2. The van der Waals surface area contributed by atoms with E-state index in [2.05, 4.69) is 9.97 Å². The number of pyridine rings is 2. The molecule has 0 saturated carbocycles. The first kappa shape index (κ1) is 12.5. The van der Waals surface area contributed by atoms with Crippen LogP contribution in [0.2, 0.25) is 10.3 Å². The Balaban J connectivity index is 2.38. The zero-order valence-electron chi connectivity index (χ0n) is 9.02. The molecule has 0 fully saturated rings. The van der Waals surface area contributed by atoms with Crippen molar-refractivity contribution in [3.63, 3.8) is 0 Å². The summed E-state index contributed by atoms with van der Waals surface area (Å²) < 4.78 is 5.04. The second kappa shape index (κ2) is 5.14. The molecule has 6 heteroatoms. The van der Waals surface area contributed by atoms with Crippen LogP contribution in [0.3, 0.4) is 0 Å². The molecule has 4 nitrogen and oxygen atoms in total. The van der Waals surface area contributed by atoms with Crippen molar-refractivity contribution in [2.75, 3.05) is 0 Å². The summed E-state index contributed by atoms with van der Waals surface area (Å²) in [5, 5.41) is 11.3. The molecule has 0 bridgehead atoms. The van der Waals surface area contributed by atoms with Crippen molar-refractivity contribution >= 4 is 34.0 Å². The summed E-state index contributed by atoms with van der Waals surface area (Å²) in [6, 6.07) is 3.46. The van der Waals surface area contributed by atoms with Crippen molar-refractivity contribution in [3.05, 3.63) is 34.3 Å². The monoisotopic (exact) mass is 272 g/mol. The molecule has 90 valence electrons. The zero-order valence-corrected chi connectivity index (χ0v) is 10.5. The second-order valence-electron chi connectivity index (χ2n) is 3.54. The summed E-state index contributed by atoms with van der Waals surface area (Å²) >= 11 is 11.8. The number of halogens is 2. The van der Waals surface area contributed by atoms with Gasteiger partial charge >= 0.3 is 0 Å². The minimum Gasteiger partial charge on any atom is -0.368 e. The number of rotatable bonds is 3. The van der Waals surface area contributed by atoms with Gasteiger partial charge in [-0.25, -0.2) is 9.97 Å². The normalized spacial score (nSPS) is 12.9. The van der Waals surface area contributed by atoms with Crippen LogP contribution in [0, 0.1) is 0 Å². The molecule has 0 radical (unpaired) electrons. The third kappa shape index (κ3) is 3.04. The van der Waals surface area contributed by atoms with E-state index in [0.29, 0.717) is 16.0 Å². The molecule has 2 aromatic rings. The van der Waals surface area contributed by atoms with E-state index in [1.54, 1.807) is 18.3 Å². The van der Waals surface area contributed by atoms with Gasteiger partial charge in [0.25, 0.3) is 0 Å². The van der Waals surface area contributed by atoms with Crippen LogP contribution in [0.25, 0.3) is 10.8 Å². The molecule has 0 amide bonds. The first-order valence-electron chi connectivity index (χ1n) is 4.96. The highest BCUT2D eigenvalue weighted by Crippen LogP contribution is 2.24. The molecule has 1 atom stereocenters. The van der Waals surface area contributed by atoms with E-state index in [0.717, 1.165) is 10.8 Å². The summed E-state index contributed by atoms with van der Waals surface area (Å²) in [5.74, 6) is 0. The molecule has 0 saturated heterocycles. The van der Waals surface area contributed by atoms with Crippen LogP contribution in [0.4, 0.5) is 0 Å². The first-order valence-corrected chi connectivity index (χ1v) is 5.72. The SMILES string of the molecule is CC(O)OCc1cc2cnc(Cl)cc2c(Cl)n1. The van der Waals surface area contributed by atoms with Gasteiger partial charge in [0.1, 0.15) is 10.3 Å². The van der Waals surface area contributed by atoms with Crippen molar-refractivity contribution in [1.82, 2.24) is 9.97 Å². The van der Waals surface area contributed by atoms with E-state index in [4.69, 9.17) is 33.0 Å². The Morgan fingerprint density at radius 2 is 2.18 bits per heavy atom. The Morgan fingerprint density at radius 1 is 1.41 bits per heavy atom. The summed E-state index contributed by atoms with van der Waals surface area (Å²) in [7, 11) is 0. The van der Waals surface area contributed by atoms with Gasteiger partial charge in [0.15, 0.2) is 6.29 Å². The predicted octanol–water partition coefficient (Wildman–Crippen LogP) is 2.79. The van der Waals surface area contributed by atoms with Gasteiger partial charge in [-0.15, -0.1) is 0 Å². The van der Waals surface area contributed by atoms with E-state index in [-0.39, 0.29) is 6.61 Å². The third-order valence-corrected chi connectivity index (χ3v) is 2.65. The summed E-state index contributed by atoms with van der Waals surface area (Å²) in [6.07, 6.45) is 0.784. The molecular weight excluding hydrogens is 263 g/mol. The Bertz CT molecular complexity index is 546. The number of hydrogen-bond donors (Lipinski definition) is 1. The predicted molar refractivity (Wildman–Crippen MR) is 66.0 cm³/mol. The third-order valence-electron chi connectivity index (χ3n) is 2.16. The lowest BCUT2D eigenvalue weighted by molar-refractivity contribution is -0.0948. The topological polar surface area (TPSA) is 55.2 Å². The van der Waals surface area contributed by atoms with E-state index in [1.165, 1.54) is 6.92 Å². The largest absolute Gasteiger partial charge is 0.368 e. The number of ether oxygens (including phenoxy) is 1. The van der Waals surface area contributed by atoms with Crippen LogP contribution in [0.5, 0.6) is 0 Å². The fourth-order valence-electron chi connectivity index (χ4n) is 1.41. The first-order chi connectivity index (χ1) is 8.06. The summed E-state index contributed by atoms with van der Waals surface area (Å²) in [6.45, 7) is 1.72. The average Bonchev–Trinajstić information content (AvgIpc) is 2.27. The average molecular weight is 273 g/mol. The van der Waals surface area contributed by atoms with Gasteiger partial charge in [-0.3, -0.25) is 0 Å². The molecule has 0 spiro atoms. The lowest BCUT2D eigenvalue weighted by Crippen LogP contribution is -2.07. The Labute approximate surface area is 108 Å². The lowest BCUT2D eigenvalue weighted by Gasteiger charge is -2.08. The van der Waals surface area contributed by atoms with Gasteiger partial charge in [0, 0.05) is 17.0 Å². The van der Waals surface area contributed by atoms with Crippen molar-refractivity contribution in [3.8, 4) is 0 Å². The zero-order chi connectivity index (χ0) is 12.4. The Kier molecular flexibility index (Phi) is 3.79. The number of aliphatic hydroxyl groups is 1. The van der Waals surface area contributed by atoms with Gasteiger partial charge in [-0.05, 0) is 19.1 Å². The Morgan fingerprint density at radius 3 is 2.88 bits per heavy atom. The number of fused-ring (bicyclic) bond motifs is 1. The van der Waals surface area contributed by atoms with Gasteiger partial charge < -0.3 is 9.84 Å². The van der Waals surface area contributed by atoms with E-state index in [9.17, 15) is 0 Å². The van der Waals surface area contributed by atoms with E-state index in [1.807, 2.05) is 0 Å². The number of aliphatic hydroxyl groups excluding tert-OH is 1. The van der Waals surface area contributed by atoms with Crippen LogP contribution < -0.4 is 0 Å². The number of hydrogen-bond acceptors (Lipinski definition) is 4. The molecular formula is C11H10Cl2N2O2.